The molecule has 126 valence electrons. The van der Waals surface area contributed by atoms with Crippen molar-refractivity contribution >= 4 is 64.1 Å². The van der Waals surface area contributed by atoms with E-state index in [4.69, 9.17) is 51.5 Å². The van der Waals surface area contributed by atoms with Crippen LogP contribution in [0.1, 0.15) is 6.42 Å². The number of nitrogens with one attached hydrogen (secondary N) is 2. The Morgan fingerprint density at radius 2 is 1.87 bits per heavy atom. The highest BCUT2D eigenvalue weighted by Gasteiger charge is 2.32. The first-order valence-corrected chi connectivity index (χ1v) is 8.04. The van der Waals surface area contributed by atoms with Gasteiger partial charge >= 0.3 is 6.09 Å². The lowest BCUT2D eigenvalue weighted by Gasteiger charge is -2.18. The zero-order valence-electron chi connectivity index (χ0n) is 11.6. The van der Waals surface area contributed by atoms with Crippen molar-refractivity contribution in [2.45, 2.75) is 12.5 Å². The maximum absolute atomic E-state index is 12.0. The van der Waals surface area contributed by atoms with Crippen molar-refractivity contribution in [1.82, 2.24) is 15.2 Å². The van der Waals surface area contributed by atoms with Gasteiger partial charge in [0.25, 0.3) is 0 Å². The molecule has 2 heterocycles. The van der Waals surface area contributed by atoms with Gasteiger partial charge in [-0.3, -0.25) is 4.79 Å². The van der Waals surface area contributed by atoms with Gasteiger partial charge in [0.1, 0.15) is 16.1 Å². The quantitative estimate of drug-likeness (QED) is 0.659. The molecule has 7 nitrogen and oxygen atoms in total. The molecule has 2 amide bonds. The summed E-state index contributed by atoms with van der Waals surface area (Å²) in [7, 11) is 0. The minimum Gasteiger partial charge on any atom is -0.465 e. The number of amides is 2. The molecule has 0 unspecified atom stereocenters. The molecule has 1 aliphatic heterocycles. The molecule has 0 radical (unpaired) electrons. The van der Waals surface area contributed by atoms with Gasteiger partial charge in [-0.25, -0.2) is 9.78 Å². The van der Waals surface area contributed by atoms with E-state index < -0.39 is 12.1 Å². The molecule has 1 saturated heterocycles. The van der Waals surface area contributed by atoms with Crippen LogP contribution in [0, 0.1) is 0 Å². The molecule has 2 rings (SSSR count). The number of hydrogen-bond donors (Lipinski definition) is 3. The van der Waals surface area contributed by atoms with E-state index in [1.807, 2.05) is 0 Å². The summed E-state index contributed by atoms with van der Waals surface area (Å²) in [4.78, 5) is 27.9. The van der Waals surface area contributed by atoms with E-state index in [1.165, 1.54) is 0 Å². The third kappa shape index (κ3) is 4.23. The average Bonchev–Trinajstić information content (AvgIpc) is 2.81. The molecule has 0 bridgehead atoms. The zero-order chi connectivity index (χ0) is 17.1. The Balaban J connectivity index is 1.94. The van der Waals surface area contributed by atoms with Crippen LogP contribution in [-0.4, -0.2) is 52.7 Å². The van der Waals surface area contributed by atoms with Crippen LogP contribution < -0.4 is 10.6 Å². The highest BCUT2D eigenvalue weighted by molar-refractivity contribution is 6.48. The molecule has 0 aromatic carbocycles. The summed E-state index contributed by atoms with van der Waals surface area (Å²) >= 11 is 23.7. The van der Waals surface area contributed by atoms with Crippen molar-refractivity contribution in [2.24, 2.45) is 0 Å². The average molecular weight is 402 g/mol. The lowest BCUT2D eigenvalue weighted by atomic mass is 10.2. The Morgan fingerprint density at radius 1 is 1.26 bits per heavy atom. The second-order valence-corrected chi connectivity index (χ2v) is 6.21. The minimum absolute atomic E-state index is 0.0199. The molecule has 11 heteroatoms. The molecule has 3 N–H and O–H groups in total. The maximum Gasteiger partial charge on any atom is 0.405 e. The van der Waals surface area contributed by atoms with E-state index in [9.17, 15) is 9.59 Å². The molecular formula is C12H12Cl4N4O3. The smallest absolute Gasteiger partial charge is 0.405 e. The van der Waals surface area contributed by atoms with E-state index in [2.05, 4.69) is 15.6 Å². The van der Waals surface area contributed by atoms with E-state index in [1.54, 1.807) is 4.90 Å². The van der Waals surface area contributed by atoms with Gasteiger partial charge in [-0.05, 0) is 6.42 Å². The number of aromatic nitrogens is 1. The van der Waals surface area contributed by atoms with Crippen molar-refractivity contribution in [2.75, 3.05) is 25.0 Å². The van der Waals surface area contributed by atoms with E-state index in [0.717, 1.165) is 0 Å². The maximum atomic E-state index is 12.0. The van der Waals surface area contributed by atoms with Gasteiger partial charge in [0, 0.05) is 19.6 Å². The van der Waals surface area contributed by atoms with Crippen LogP contribution in [0.3, 0.4) is 0 Å². The van der Waals surface area contributed by atoms with Crippen molar-refractivity contribution in [3.05, 3.63) is 20.4 Å². The first kappa shape index (κ1) is 18.2. The highest BCUT2D eigenvalue weighted by Crippen LogP contribution is 2.38. The van der Waals surface area contributed by atoms with Crippen LogP contribution in [0.4, 0.5) is 10.5 Å². The third-order valence-electron chi connectivity index (χ3n) is 3.28. The highest BCUT2D eigenvalue weighted by atomic mass is 35.5. The second kappa shape index (κ2) is 7.61. The van der Waals surface area contributed by atoms with Crippen LogP contribution in [0.5, 0.6) is 0 Å². The molecule has 1 fully saturated rings. The van der Waals surface area contributed by atoms with Crippen LogP contribution in [-0.2, 0) is 4.79 Å². The summed E-state index contributed by atoms with van der Waals surface area (Å²) in [6, 6.07) is -0.704. The Kier molecular flexibility index (Phi) is 6.02. The summed E-state index contributed by atoms with van der Waals surface area (Å²) in [5, 5.41) is 14.1. The molecule has 1 aliphatic rings. The lowest BCUT2D eigenvalue weighted by molar-refractivity contribution is -0.129. The van der Waals surface area contributed by atoms with Gasteiger partial charge in [-0.2, -0.15) is 0 Å². The Morgan fingerprint density at radius 3 is 2.43 bits per heavy atom. The molecular weight excluding hydrogens is 390 g/mol. The van der Waals surface area contributed by atoms with Gasteiger partial charge in [-0.1, -0.05) is 46.4 Å². The number of carboxylic acid groups (broad SMARTS) is 1. The minimum atomic E-state index is -1.22. The largest absolute Gasteiger partial charge is 0.465 e. The van der Waals surface area contributed by atoms with Gasteiger partial charge < -0.3 is 20.6 Å². The number of anilines is 1. The zero-order valence-corrected chi connectivity index (χ0v) is 14.6. The Hall–Kier alpha value is -1.15. The number of hydrogen-bond acceptors (Lipinski definition) is 4. The molecule has 1 atom stereocenters. The fourth-order valence-corrected chi connectivity index (χ4v) is 3.06. The number of halogens is 4. The molecule has 1 aromatic heterocycles. The number of carbonyl (C=O) groups is 2. The SMILES string of the molecule is O=C(O)N[C@H]1CCN(CCNc2c(Cl)c(Cl)nc(Cl)c2Cl)C1=O. The topological polar surface area (TPSA) is 94.6 Å². The van der Waals surface area contributed by atoms with Crippen LogP contribution in [0.2, 0.25) is 20.4 Å². The van der Waals surface area contributed by atoms with Crippen molar-refractivity contribution in [3.8, 4) is 0 Å². The number of pyridine rings is 1. The van der Waals surface area contributed by atoms with Gasteiger partial charge in [0.2, 0.25) is 5.91 Å². The first-order valence-electron chi connectivity index (χ1n) is 6.53. The monoisotopic (exact) mass is 400 g/mol. The fraction of sp³-hybridized carbons (Fsp3) is 0.417. The van der Waals surface area contributed by atoms with Crippen LogP contribution in [0.15, 0.2) is 0 Å². The fourth-order valence-electron chi connectivity index (χ4n) is 2.20. The standard InChI is InChI=1S/C12H12Cl4N4O3/c13-6-8(7(14)10(16)19-9(6)15)17-2-4-20-3-1-5(11(20)21)18-12(22)23/h5,18H,1-4H2,(H,17,19)(H,22,23)/t5-/m0/s1. The van der Waals surface area contributed by atoms with Crippen molar-refractivity contribution < 1.29 is 14.7 Å². The first-order chi connectivity index (χ1) is 10.8. The van der Waals surface area contributed by atoms with Crippen LogP contribution >= 0.6 is 46.4 Å². The molecule has 0 aliphatic carbocycles. The van der Waals surface area contributed by atoms with Crippen molar-refractivity contribution in [1.29, 1.82) is 0 Å². The van der Waals surface area contributed by atoms with E-state index in [-0.39, 0.29) is 26.3 Å². The Labute approximate surface area is 151 Å². The second-order valence-electron chi connectivity index (χ2n) is 4.74. The predicted molar refractivity (Wildman–Crippen MR) is 88.9 cm³/mol. The summed E-state index contributed by atoms with van der Waals surface area (Å²) in [6.07, 6.45) is -0.789. The van der Waals surface area contributed by atoms with Gasteiger partial charge in [0.05, 0.1) is 5.69 Å². The number of rotatable bonds is 5. The summed E-state index contributed by atoms with van der Waals surface area (Å²) in [5.74, 6) is -0.266. The summed E-state index contributed by atoms with van der Waals surface area (Å²) in [6.45, 7) is 1.15. The van der Waals surface area contributed by atoms with E-state index in [0.29, 0.717) is 31.7 Å². The number of carbonyl (C=O) groups excluding carboxylic acids is 1. The number of likely N-dealkylation sites (tertiary alicyclic amines) is 1. The van der Waals surface area contributed by atoms with Gasteiger partial charge in [0.15, 0.2) is 10.3 Å². The lowest BCUT2D eigenvalue weighted by Crippen LogP contribution is -2.41. The molecule has 0 saturated carbocycles. The van der Waals surface area contributed by atoms with E-state index >= 15 is 0 Å². The number of nitrogens with zero attached hydrogens (tertiary/aromatic N) is 2. The normalized spacial score (nSPS) is 17.5. The summed E-state index contributed by atoms with van der Waals surface area (Å²) in [5.41, 5.74) is 0.338. The molecule has 1 aromatic rings. The third-order valence-corrected chi connectivity index (χ3v) is 4.75. The molecule has 0 spiro atoms. The van der Waals surface area contributed by atoms with Crippen molar-refractivity contribution in [3.63, 3.8) is 0 Å². The van der Waals surface area contributed by atoms with Gasteiger partial charge in [-0.15, -0.1) is 0 Å². The molecule has 23 heavy (non-hydrogen) atoms. The summed E-state index contributed by atoms with van der Waals surface area (Å²) < 4.78 is 0. The van der Waals surface area contributed by atoms with Crippen LogP contribution in [0.25, 0.3) is 0 Å². The Bertz CT molecular complexity index is 617. The predicted octanol–water partition coefficient (Wildman–Crippen LogP) is 2.98.